The number of carbonyl (C=O) groups is 1. The average molecular weight is 447 g/mol. The molecule has 0 bridgehead atoms. The van der Waals surface area contributed by atoms with Gasteiger partial charge in [-0.3, -0.25) is 14.5 Å². The highest BCUT2D eigenvalue weighted by atomic mass is 32.1. The number of anilines is 1. The molecule has 6 nitrogen and oxygen atoms in total. The van der Waals surface area contributed by atoms with Gasteiger partial charge in [0.2, 0.25) is 5.76 Å². The predicted molar refractivity (Wildman–Crippen MR) is 125 cm³/mol. The van der Waals surface area contributed by atoms with E-state index in [9.17, 15) is 9.59 Å². The lowest BCUT2D eigenvalue weighted by molar-refractivity contribution is 0.0971. The number of amides is 1. The summed E-state index contributed by atoms with van der Waals surface area (Å²) in [7, 11) is 0. The molecule has 32 heavy (non-hydrogen) atoms. The Balaban J connectivity index is 1.75. The first-order valence-corrected chi connectivity index (χ1v) is 11.4. The van der Waals surface area contributed by atoms with Crippen molar-refractivity contribution in [3.63, 3.8) is 0 Å². The maximum absolute atomic E-state index is 13.6. The molecule has 2 aromatic heterocycles. The number of thiazole rings is 1. The Hall–Kier alpha value is -3.45. The topological polar surface area (TPSA) is 72.6 Å². The van der Waals surface area contributed by atoms with Crippen LogP contribution >= 0.6 is 11.3 Å². The second-order valence-corrected chi connectivity index (χ2v) is 8.99. The van der Waals surface area contributed by atoms with Crippen molar-refractivity contribution in [2.45, 2.75) is 33.2 Å². The second kappa shape index (κ2) is 7.91. The van der Waals surface area contributed by atoms with Crippen LogP contribution in [0.4, 0.5) is 5.13 Å². The molecule has 1 unspecified atom stereocenters. The van der Waals surface area contributed by atoms with Crippen molar-refractivity contribution in [2.75, 3.05) is 11.5 Å². The van der Waals surface area contributed by atoms with E-state index in [1.165, 1.54) is 11.3 Å². The summed E-state index contributed by atoms with van der Waals surface area (Å²) in [5.74, 6) is 0.410. The summed E-state index contributed by atoms with van der Waals surface area (Å²) in [6.45, 7) is 6.51. The van der Waals surface area contributed by atoms with Gasteiger partial charge in [-0.25, -0.2) is 4.98 Å². The number of nitrogens with zero attached hydrogens (tertiary/aromatic N) is 2. The van der Waals surface area contributed by atoms with Gasteiger partial charge >= 0.3 is 0 Å². The lowest BCUT2D eigenvalue weighted by Crippen LogP contribution is -2.29. The number of para-hydroxylation sites is 1. The largest absolute Gasteiger partial charge is 0.494 e. The van der Waals surface area contributed by atoms with Crippen molar-refractivity contribution in [1.29, 1.82) is 0 Å². The van der Waals surface area contributed by atoms with Gasteiger partial charge in [-0.1, -0.05) is 31.2 Å². The van der Waals surface area contributed by atoms with E-state index in [1.54, 1.807) is 29.2 Å². The summed E-state index contributed by atoms with van der Waals surface area (Å²) in [6.07, 6.45) is 0.883. The van der Waals surface area contributed by atoms with E-state index in [-0.39, 0.29) is 17.1 Å². The van der Waals surface area contributed by atoms with E-state index in [0.29, 0.717) is 34.0 Å². The van der Waals surface area contributed by atoms with Crippen LogP contribution in [0.2, 0.25) is 0 Å². The number of benzene rings is 2. The third-order valence-corrected chi connectivity index (χ3v) is 6.72. The molecule has 0 spiro atoms. The molecule has 0 saturated carbocycles. The molecule has 3 heterocycles. The van der Waals surface area contributed by atoms with Gasteiger partial charge in [0.15, 0.2) is 10.6 Å². The Bertz CT molecular complexity index is 1390. The monoisotopic (exact) mass is 446 g/mol. The molecule has 0 N–H and O–H groups in total. The summed E-state index contributed by atoms with van der Waals surface area (Å²) in [6, 6.07) is 13.9. The molecule has 0 fully saturated rings. The fourth-order valence-corrected chi connectivity index (χ4v) is 4.92. The maximum atomic E-state index is 13.6. The van der Waals surface area contributed by atoms with E-state index < -0.39 is 6.04 Å². The molecule has 4 aromatic rings. The van der Waals surface area contributed by atoms with Gasteiger partial charge in [-0.2, -0.15) is 0 Å². The molecule has 1 atom stereocenters. The fraction of sp³-hybridized carbons (Fsp3) is 0.240. The Morgan fingerprint density at radius 3 is 2.69 bits per heavy atom. The SMILES string of the molecule is CCCOc1cccc(C2c3c(oc4ccccc4c3=O)C(=O)N2c2nc(C)c(C)s2)c1. The molecule has 2 aromatic carbocycles. The number of ether oxygens (including phenoxy) is 1. The second-order valence-electron chi connectivity index (χ2n) is 7.81. The number of fused-ring (bicyclic) bond motifs is 2. The third-order valence-electron chi connectivity index (χ3n) is 5.65. The lowest BCUT2D eigenvalue weighted by atomic mass is 9.98. The van der Waals surface area contributed by atoms with Crippen LogP contribution in [0.1, 0.15) is 51.6 Å². The summed E-state index contributed by atoms with van der Waals surface area (Å²) < 4.78 is 11.8. The number of aromatic nitrogens is 1. The van der Waals surface area contributed by atoms with Crippen LogP contribution in [0.5, 0.6) is 5.75 Å². The van der Waals surface area contributed by atoms with Crippen molar-refractivity contribution >= 4 is 33.3 Å². The van der Waals surface area contributed by atoms with Crippen molar-refractivity contribution in [2.24, 2.45) is 0 Å². The summed E-state index contributed by atoms with van der Waals surface area (Å²) >= 11 is 1.43. The first kappa shape index (κ1) is 20.5. The molecule has 1 aliphatic heterocycles. The zero-order chi connectivity index (χ0) is 22.4. The zero-order valence-electron chi connectivity index (χ0n) is 18.0. The molecule has 0 saturated heterocycles. The normalized spacial score (nSPS) is 15.4. The van der Waals surface area contributed by atoms with Crippen LogP contribution in [-0.4, -0.2) is 17.5 Å². The number of aryl methyl sites for hydroxylation is 2. The van der Waals surface area contributed by atoms with Crippen LogP contribution in [-0.2, 0) is 0 Å². The number of hydrogen-bond acceptors (Lipinski definition) is 6. The van der Waals surface area contributed by atoms with Crippen molar-refractivity contribution in [1.82, 2.24) is 4.98 Å². The van der Waals surface area contributed by atoms with E-state index in [4.69, 9.17) is 9.15 Å². The highest BCUT2D eigenvalue weighted by Gasteiger charge is 2.45. The quantitative estimate of drug-likeness (QED) is 0.410. The molecule has 1 aliphatic rings. The minimum atomic E-state index is -0.645. The molecule has 0 radical (unpaired) electrons. The van der Waals surface area contributed by atoms with Crippen LogP contribution in [0.3, 0.4) is 0 Å². The van der Waals surface area contributed by atoms with Crippen LogP contribution in [0.25, 0.3) is 11.0 Å². The van der Waals surface area contributed by atoms with Gasteiger partial charge in [-0.05, 0) is 50.1 Å². The Kier molecular flexibility index (Phi) is 5.06. The summed E-state index contributed by atoms with van der Waals surface area (Å²) in [4.78, 5) is 34.4. The summed E-state index contributed by atoms with van der Waals surface area (Å²) in [5, 5.41) is 1.00. The van der Waals surface area contributed by atoms with Crippen molar-refractivity contribution < 1.29 is 13.9 Å². The molecular formula is C25H22N2O4S. The van der Waals surface area contributed by atoms with Crippen molar-refractivity contribution in [3.8, 4) is 5.75 Å². The highest BCUT2D eigenvalue weighted by Crippen LogP contribution is 2.43. The van der Waals surface area contributed by atoms with E-state index in [1.807, 2.05) is 45.0 Å². The molecule has 1 amide bonds. The van der Waals surface area contributed by atoms with Crippen LogP contribution < -0.4 is 15.1 Å². The first-order valence-electron chi connectivity index (χ1n) is 10.6. The molecular weight excluding hydrogens is 424 g/mol. The zero-order valence-corrected chi connectivity index (χ0v) is 18.9. The van der Waals surface area contributed by atoms with E-state index >= 15 is 0 Å². The van der Waals surface area contributed by atoms with Crippen LogP contribution in [0.15, 0.2) is 57.7 Å². The summed E-state index contributed by atoms with van der Waals surface area (Å²) in [5.41, 5.74) is 2.17. The Morgan fingerprint density at radius 2 is 1.94 bits per heavy atom. The van der Waals surface area contributed by atoms with E-state index in [0.717, 1.165) is 22.6 Å². The Morgan fingerprint density at radius 1 is 1.12 bits per heavy atom. The van der Waals surface area contributed by atoms with E-state index in [2.05, 4.69) is 4.98 Å². The number of rotatable bonds is 5. The van der Waals surface area contributed by atoms with Gasteiger partial charge in [0.05, 0.1) is 29.3 Å². The fourth-order valence-electron chi connectivity index (χ4n) is 3.99. The standard InChI is InChI=1S/C25H22N2O4S/c1-4-12-30-17-9-7-8-16(13-17)21-20-22(28)18-10-5-6-11-19(18)31-23(20)24(29)27(21)25-26-14(2)15(3)32-25/h5-11,13,21H,4,12H2,1-3H3. The molecule has 162 valence electrons. The maximum Gasteiger partial charge on any atom is 0.297 e. The third kappa shape index (κ3) is 3.20. The highest BCUT2D eigenvalue weighted by molar-refractivity contribution is 7.15. The van der Waals surface area contributed by atoms with Gasteiger partial charge in [0, 0.05) is 4.88 Å². The molecule has 0 aliphatic carbocycles. The molecule has 5 rings (SSSR count). The number of carbonyl (C=O) groups excluding carboxylic acids is 1. The van der Waals surface area contributed by atoms with Gasteiger partial charge in [0.25, 0.3) is 5.91 Å². The minimum absolute atomic E-state index is 0.0732. The van der Waals surface area contributed by atoms with Crippen LogP contribution in [0, 0.1) is 13.8 Å². The van der Waals surface area contributed by atoms with Gasteiger partial charge in [-0.15, -0.1) is 11.3 Å². The van der Waals surface area contributed by atoms with Gasteiger partial charge < -0.3 is 9.15 Å². The average Bonchev–Trinajstić information content (AvgIpc) is 3.28. The lowest BCUT2D eigenvalue weighted by Gasteiger charge is -2.23. The Labute approximate surface area is 189 Å². The molecule has 7 heteroatoms. The smallest absolute Gasteiger partial charge is 0.297 e. The van der Waals surface area contributed by atoms with Crippen molar-refractivity contribution in [3.05, 3.63) is 86.2 Å². The van der Waals surface area contributed by atoms with Gasteiger partial charge in [0.1, 0.15) is 11.3 Å². The predicted octanol–water partition coefficient (Wildman–Crippen LogP) is 5.40. The minimum Gasteiger partial charge on any atom is -0.494 e. The first-order chi connectivity index (χ1) is 15.5. The number of hydrogen-bond donors (Lipinski definition) is 0.